The largest absolute Gasteiger partial charge is 0.441 e. The quantitative estimate of drug-likeness (QED) is 0.848. The van der Waals surface area contributed by atoms with Crippen LogP contribution in [0.2, 0.25) is 0 Å². The molecule has 0 aliphatic rings. The van der Waals surface area contributed by atoms with Crippen LogP contribution in [0, 0.1) is 0 Å². The van der Waals surface area contributed by atoms with E-state index in [1.165, 1.54) is 11.0 Å². The third kappa shape index (κ3) is 3.93. The molecule has 0 saturated carbocycles. The monoisotopic (exact) mass is 323 g/mol. The maximum atomic E-state index is 11.9. The first kappa shape index (κ1) is 14.8. The van der Waals surface area contributed by atoms with E-state index in [4.69, 9.17) is 0 Å². The summed E-state index contributed by atoms with van der Waals surface area (Å²) in [5.74, 6) is -0.686. The van der Waals surface area contributed by atoms with E-state index in [9.17, 15) is 18.0 Å². The topological polar surface area (TPSA) is 72.7 Å². The minimum atomic E-state index is -4.29. The molecule has 0 fully saturated rings. The van der Waals surface area contributed by atoms with Gasteiger partial charge in [-0.05, 0) is 33.6 Å². The summed E-state index contributed by atoms with van der Waals surface area (Å²) in [6.07, 6.45) is 1.33. The predicted octanol–water partition coefficient (Wildman–Crippen LogP) is 1.71. The Morgan fingerprint density at radius 1 is 1.50 bits per heavy atom. The Kier molecular flexibility index (Phi) is 4.60. The molecular weight excluding hydrogens is 315 g/mol. The van der Waals surface area contributed by atoms with Gasteiger partial charge in [0.05, 0.1) is 5.69 Å². The lowest BCUT2D eigenvalue weighted by atomic mass is 10.3. The van der Waals surface area contributed by atoms with Crippen LogP contribution in [-0.4, -0.2) is 43.9 Å². The zero-order chi connectivity index (χ0) is 14.6. The molecular formula is C9H8F3N5OS2. The van der Waals surface area contributed by atoms with Crippen LogP contribution in [0.25, 0.3) is 5.69 Å². The summed E-state index contributed by atoms with van der Waals surface area (Å²) in [4.78, 5) is 12.2. The number of nitrogens with zero attached hydrogens (tertiary/aromatic N) is 4. The molecule has 20 heavy (non-hydrogen) atoms. The molecule has 2 aromatic rings. The highest BCUT2D eigenvalue weighted by molar-refractivity contribution is 8.00. The molecule has 0 atom stereocenters. The smallest absolute Gasteiger partial charge is 0.350 e. The number of thioether (sulfide) groups is 1. The van der Waals surface area contributed by atoms with Gasteiger partial charge >= 0.3 is 5.51 Å². The summed E-state index contributed by atoms with van der Waals surface area (Å²) in [6.45, 7) is -0.0735. The highest BCUT2D eigenvalue weighted by atomic mass is 32.2. The van der Waals surface area contributed by atoms with Crippen molar-refractivity contribution in [1.82, 2.24) is 25.5 Å². The van der Waals surface area contributed by atoms with Crippen LogP contribution < -0.4 is 5.32 Å². The SMILES string of the molecule is O=C(NCCSC(F)(F)F)c1sccc1-n1cnnn1. The number of carbonyl (C=O) groups excluding carboxylic acids is 1. The summed E-state index contributed by atoms with van der Waals surface area (Å²) in [5, 5.41) is 14.7. The molecule has 2 aromatic heterocycles. The number of amides is 1. The average Bonchev–Trinajstić information content (AvgIpc) is 3.01. The van der Waals surface area contributed by atoms with E-state index in [0.29, 0.717) is 10.6 Å². The van der Waals surface area contributed by atoms with Crippen molar-refractivity contribution in [2.24, 2.45) is 0 Å². The van der Waals surface area contributed by atoms with Crippen molar-refractivity contribution in [3.8, 4) is 5.69 Å². The van der Waals surface area contributed by atoms with Gasteiger partial charge in [-0.2, -0.15) is 17.9 Å². The Labute approximate surface area is 119 Å². The van der Waals surface area contributed by atoms with Gasteiger partial charge in [0.25, 0.3) is 5.91 Å². The summed E-state index contributed by atoms with van der Waals surface area (Å²) in [7, 11) is 0. The van der Waals surface area contributed by atoms with Gasteiger partial charge in [-0.15, -0.1) is 16.4 Å². The third-order valence-electron chi connectivity index (χ3n) is 2.10. The molecule has 0 aromatic carbocycles. The maximum Gasteiger partial charge on any atom is 0.441 e. The minimum absolute atomic E-state index is 0.0735. The molecule has 11 heteroatoms. The average molecular weight is 323 g/mol. The zero-order valence-electron chi connectivity index (χ0n) is 9.79. The van der Waals surface area contributed by atoms with Gasteiger partial charge in [-0.1, -0.05) is 0 Å². The molecule has 0 saturated heterocycles. The molecule has 2 rings (SSSR count). The second-order valence-corrected chi connectivity index (χ2v) is 5.52. The van der Waals surface area contributed by atoms with Crippen molar-refractivity contribution < 1.29 is 18.0 Å². The van der Waals surface area contributed by atoms with E-state index < -0.39 is 11.4 Å². The number of nitrogens with one attached hydrogen (secondary N) is 1. The van der Waals surface area contributed by atoms with Crippen molar-refractivity contribution >= 4 is 29.0 Å². The number of thiophene rings is 1. The van der Waals surface area contributed by atoms with Crippen LogP contribution in [0.1, 0.15) is 9.67 Å². The zero-order valence-corrected chi connectivity index (χ0v) is 11.4. The fourth-order valence-electron chi connectivity index (χ4n) is 1.34. The minimum Gasteiger partial charge on any atom is -0.350 e. The second kappa shape index (κ2) is 6.22. The first-order chi connectivity index (χ1) is 9.47. The van der Waals surface area contributed by atoms with Crippen LogP contribution >= 0.6 is 23.1 Å². The lowest BCUT2D eigenvalue weighted by molar-refractivity contribution is -0.0327. The van der Waals surface area contributed by atoms with E-state index in [2.05, 4.69) is 20.8 Å². The summed E-state index contributed by atoms with van der Waals surface area (Å²) < 4.78 is 37.1. The fraction of sp³-hybridized carbons (Fsp3) is 0.333. The van der Waals surface area contributed by atoms with Crippen LogP contribution in [0.5, 0.6) is 0 Å². The normalized spacial score (nSPS) is 11.6. The van der Waals surface area contributed by atoms with Gasteiger partial charge in [-0.3, -0.25) is 4.79 Å². The highest BCUT2D eigenvalue weighted by Gasteiger charge is 2.27. The first-order valence-corrected chi connectivity index (χ1v) is 7.13. The molecule has 6 nitrogen and oxygen atoms in total. The van der Waals surface area contributed by atoms with Gasteiger partial charge in [0, 0.05) is 12.3 Å². The Hall–Kier alpha value is -1.62. The highest BCUT2D eigenvalue weighted by Crippen LogP contribution is 2.29. The Bertz CT molecular complexity index is 568. The first-order valence-electron chi connectivity index (χ1n) is 5.27. The molecule has 108 valence electrons. The van der Waals surface area contributed by atoms with E-state index >= 15 is 0 Å². The number of tetrazole rings is 1. The van der Waals surface area contributed by atoms with Crippen molar-refractivity contribution in [2.75, 3.05) is 12.3 Å². The fourth-order valence-corrected chi connectivity index (χ4v) is 2.57. The lowest BCUT2D eigenvalue weighted by Crippen LogP contribution is -2.26. The van der Waals surface area contributed by atoms with Crippen molar-refractivity contribution in [3.63, 3.8) is 0 Å². The Balaban J connectivity index is 1.92. The molecule has 2 heterocycles. The number of aromatic nitrogens is 4. The number of hydrogen-bond donors (Lipinski definition) is 1. The van der Waals surface area contributed by atoms with Gasteiger partial charge in [-0.25, -0.2) is 0 Å². The predicted molar refractivity (Wildman–Crippen MR) is 67.9 cm³/mol. The van der Waals surface area contributed by atoms with Crippen molar-refractivity contribution in [1.29, 1.82) is 0 Å². The van der Waals surface area contributed by atoms with Crippen molar-refractivity contribution in [3.05, 3.63) is 22.7 Å². The molecule has 0 radical (unpaired) electrons. The molecule has 1 amide bonds. The second-order valence-electron chi connectivity index (χ2n) is 3.44. The molecule has 0 aliphatic heterocycles. The van der Waals surface area contributed by atoms with Gasteiger partial charge in [0.15, 0.2) is 0 Å². The molecule has 0 bridgehead atoms. The van der Waals surface area contributed by atoms with Crippen LogP contribution in [0.15, 0.2) is 17.8 Å². The summed E-state index contributed by atoms with van der Waals surface area (Å²) in [5.41, 5.74) is -3.80. The van der Waals surface area contributed by atoms with E-state index in [-0.39, 0.29) is 24.1 Å². The van der Waals surface area contributed by atoms with Gasteiger partial charge < -0.3 is 5.32 Å². The number of carbonyl (C=O) groups is 1. The van der Waals surface area contributed by atoms with E-state index in [1.807, 2.05) is 0 Å². The van der Waals surface area contributed by atoms with Crippen LogP contribution in [-0.2, 0) is 0 Å². The molecule has 0 unspecified atom stereocenters. The molecule has 0 aliphatic carbocycles. The van der Waals surface area contributed by atoms with Crippen molar-refractivity contribution in [2.45, 2.75) is 5.51 Å². The number of rotatable bonds is 5. The number of alkyl halides is 3. The van der Waals surface area contributed by atoms with Crippen LogP contribution in [0.3, 0.4) is 0 Å². The van der Waals surface area contributed by atoms with E-state index in [0.717, 1.165) is 11.3 Å². The Morgan fingerprint density at radius 3 is 2.95 bits per heavy atom. The van der Waals surface area contributed by atoms with Gasteiger partial charge in [0.1, 0.15) is 11.2 Å². The third-order valence-corrected chi connectivity index (χ3v) is 3.74. The van der Waals surface area contributed by atoms with E-state index in [1.54, 1.807) is 11.4 Å². The van der Waals surface area contributed by atoms with Gasteiger partial charge in [0.2, 0.25) is 0 Å². The maximum absolute atomic E-state index is 11.9. The standard InChI is InChI=1S/C9H8F3N5OS2/c10-9(11,12)20-4-2-13-8(18)7-6(1-3-19-7)17-5-14-15-16-17/h1,3,5H,2,4H2,(H,13,18). The van der Waals surface area contributed by atoms with Crippen LogP contribution in [0.4, 0.5) is 13.2 Å². The number of hydrogen-bond acceptors (Lipinski definition) is 6. The molecule has 1 N–H and O–H groups in total. The Morgan fingerprint density at radius 2 is 2.30 bits per heavy atom. The number of halogens is 3. The molecule has 0 spiro atoms. The lowest BCUT2D eigenvalue weighted by Gasteiger charge is -2.07. The summed E-state index contributed by atoms with van der Waals surface area (Å²) >= 11 is 0.988. The summed E-state index contributed by atoms with van der Waals surface area (Å²) in [6, 6.07) is 1.65.